The van der Waals surface area contributed by atoms with Crippen molar-refractivity contribution in [2.45, 2.75) is 26.3 Å². The molecule has 0 aromatic heterocycles. The van der Waals surface area contributed by atoms with Crippen molar-refractivity contribution in [1.82, 2.24) is 5.32 Å². The molecule has 5 heteroatoms. The Morgan fingerprint density at radius 3 is 2.27 bits per heavy atom. The highest BCUT2D eigenvalue weighted by Gasteiger charge is 2.13. The van der Waals surface area contributed by atoms with Crippen molar-refractivity contribution < 1.29 is 14.3 Å². The van der Waals surface area contributed by atoms with Crippen LogP contribution in [-0.2, 0) is 16.1 Å². The van der Waals surface area contributed by atoms with Gasteiger partial charge in [-0.15, -0.1) is 0 Å². The number of rotatable bonds is 7. The third-order valence-corrected chi connectivity index (χ3v) is 3.79. The van der Waals surface area contributed by atoms with Crippen LogP contribution in [-0.4, -0.2) is 18.4 Å². The number of amides is 2. The molecule has 0 spiro atoms. The summed E-state index contributed by atoms with van der Waals surface area (Å²) in [5.74, 6) is -0.261. The molecule has 2 rings (SSSR count). The first kappa shape index (κ1) is 19.2. The molecule has 2 aromatic rings. The van der Waals surface area contributed by atoms with Crippen molar-refractivity contribution in [2.75, 3.05) is 11.9 Å². The zero-order valence-corrected chi connectivity index (χ0v) is 15.1. The van der Waals surface area contributed by atoms with Crippen LogP contribution in [0.1, 0.15) is 30.9 Å². The fourth-order valence-corrected chi connectivity index (χ4v) is 2.26. The SMILES string of the molecule is C=CCOc1ccc(NC(=O)C(=O)NCc2ccc(C(C)C)cc2)cc1. The Morgan fingerprint density at radius 2 is 1.69 bits per heavy atom. The monoisotopic (exact) mass is 352 g/mol. The van der Waals surface area contributed by atoms with Crippen molar-refractivity contribution >= 4 is 17.5 Å². The van der Waals surface area contributed by atoms with Crippen molar-refractivity contribution in [2.24, 2.45) is 0 Å². The van der Waals surface area contributed by atoms with Gasteiger partial charge in [0.2, 0.25) is 0 Å². The highest BCUT2D eigenvalue weighted by Crippen LogP contribution is 2.16. The number of benzene rings is 2. The maximum absolute atomic E-state index is 12.0. The van der Waals surface area contributed by atoms with E-state index in [1.54, 1.807) is 30.3 Å². The second-order valence-electron chi connectivity index (χ2n) is 6.16. The van der Waals surface area contributed by atoms with E-state index in [1.807, 2.05) is 24.3 Å². The van der Waals surface area contributed by atoms with Crippen LogP contribution in [0.4, 0.5) is 5.69 Å². The van der Waals surface area contributed by atoms with Gasteiger partial charge in [-0.1, -0.05) is 50.8 Å². The summed E-state index contributed by atoms with van der Waals surface area (Å²) in [7, 11) is 0. The molecule has 0 fully saturated rings. The summed E-state index contributed by atoms with van der Waals surface area (Å²) < 4.78 is 5.36. The van der Waals surface area contributed by atoms with Crippen LogP contribution in [0.2, 0.25) is 0 Å². The van der Waals surface area contributed by atoms with E-state index in [0.717, 1.165) is 5.56 Å². The molecule has 0 saturated carbocycles. The number of ether oxygens (including phenoxy) is 1. The molecule has 0 heterocycles. The largest absolute Gasteiger partial charge is 0.490 e. The van der Waals surface area contributed by atoms with Crippen molar-refractivity contribution in [3.8, 4) is 5.75 Å². The van der Waals surface area contributed by atoms with Gasteiger partial charge in [-0.05, 0) is 41.3 Å². The molecule has 5 nitrogen and oxygen atoms in total. The number of anilines is 1. The molecule has 2 aromatic carbocycles. The van der Waals surface area contributed by atoms with Gasteiger partial charge in [0.25, 0.3) is 0 Å². The number of nitrogens with one attached hydrogen (secondary N) is 2. The number of carbonyl (C=O) groups excluding carboxylic acids is 2. The Balaban J connectivity index is 1.83. The fraction of sp³-hybridized carbons (Fsp3) is 0.238. The molecule has 0 unspecified atom stereocenters. The molecule has 2 amide bonds. The molecule has 0 bridgehead atoms. The Hall–Kier alpha value is -3.08. The predicted octanol–water partition coefficient (Wildman–Crippen LogP) is 3.63. The summed E-state index contributed by atoms with van der Waals surface area (Å²) in [5, 5.41) is 5.18. The lowest BCUT2D eigenvalue weighted by molar-refractivity contribution is -0.136. The average Bonchev–Trinajstić information content (AvgIpc) is 2.65. The minimum atomic E-state index is -0.705. The number of hydrogen-bond donors (Lipinski definition) is 2. The molecule has 0 atom stereocenters. The van der Waals surface area contributed by atoms with Gasteiger partial charge in [-0.3, -0.25) is 9.59 Å². The van der Waals surface area contributed by atoms with Crippen LogP contribution < -0.4 is 15.4 Å². The van der Waals surface area contributed by atoms with Gasteiger partial charge in [0.05, 0.1) is 0 Å². The van der Waals surface area contributed by atoms with Crippen LogP contribution in [0.15, 0.2) is 61.2 Å². The van der Waals surface area contributed by atoms with E-state index in [9.17, 15) is 9.59 Å². The van der Waals surface area contributed by atoms with E-state index >= 15 is 0 Å². The predicted molar refractivity (Wildman–Crippen MR) is 103 cm³/mol. The van der Waals surface area contributed by atoms with Crippen molar-refractivity contribution in [1.29, 1.82) is 0 Å². The molecular formula is C21H24N2O3. The highest BCUT2D eigenvalue weighted by molar-refractivity contribution is 6.39. The number of hydrogen-bond acceptors (Lipinski definition) is 3. The minimum absolute atomic E-state index is 0.305. The molecule has 26 heavy (non-hydrogen) atoms. The molecule has 136 valence electrons. The molecule has 0 aliphatic rings. The molecule has 0 aliphatic heterocycles. The average molecular weight is 352 g/mol. The number of carbonyl (C=O) groups is 2. The zero-order valence-electron chi connectivity index (χ0n) is 15.1. The van der Waals surface area contributed by atoms with Crippen molar-refractivity contribution in [3.63, 3.8) is 0 Å². The smallest absolute Gasteiger partial charge is 0.313 e. The lowest BCUT2D eigenvalue weighted by atomic mass is 10.0. The van der Waals surface area contributed by atoms with Gasteiger partial charge < -0.3 is 15.4 Å². The van der Waals surface area contributed by atoms with Gasteiger partial charge in [0.1, 0.15) is 12.4 Å². The van der Waals surface area contributed by atoms with Crippen molar-refractivity contribution in [3.05, 3.63) is 72.3 Å². The third-order valence-electron chi connectivity index (χ3n) is 3.79. The first-order valence-electron chi connectivity index (χ1n) is 8.51. The lowest BCUT2D eigenvalue weighted by Crippen LogP contribution is -2.34. The summed E-state index contributed by atoms with van der Waals surface area (Å²) in [5.41, 5.74) is 2.70. The fourth-order valence-electron chi connectivity index (χ4n) is 2.26. The van der Waals surface area contributed by atoms with E-state index in [4.69, 9.17) is 4.74 Å². The third kappa shape index (κ3) is 5.77. The van der Waals surface area contributed by atoms with Gasteiger partial charge >= 0.3 is 11.8 Å². The van der Waals surface area contributed by atoms with E-state index in [-0.39, 0.29) is 0 Å². The maximum atomic E-state index is 12.0. The van der Waals surface area contributed by atoms with Gasteiger partial charge in [-0.2, -0.15) is 0 Å². The van der Waals surface area contributed by atoms with Gasteiger partial charge in [0, 0.05) is 12.2 Å². The van der Waals surface area contributed by atoms with Crippen LogP contribution in [0.25, 0.3) is 0 Å². The van der Waals surface area contributed by atoms with Crippen LogP contribution in [0, 0.1) is 0 Å². The van der Waals surface area contributed by atoms with Gasteiger partial charge in [-0.25, -0.2) is 0 Å². The normalized spacial score (nSPS) is 10.3. The summed E-state index contributed by atoms with van der Waals surface area (Å²) in [6.45, 7) is 8.54. The summed E-state index contributed by atoms with van der Waals surface area (Å²) in [6, 6.07) is 14.7. The Morgan fingerprint density at radius 1 is 1.04 bits per heavy atom. The van der Waals surface area contributed by atoms with Gasteiger partial charge in [0.15, 0.2) is 0 Å². The standard InChI is InChI=1S/C21H24N2O3/c1-4-13-26-19-11-9-18(10-12-19)23-21(25)20(24)22-14-16-5-7-17(8-6-16)15(2)3/h4-12,15H,1,13-14H2,2-3H3,(H,22,24)(H,23,25). The first-order chi connectivity index (χ1) is 12.5. The minimum Gasteiger partial charge on any atom is -0.490 e. The second kappa shape index (κ2) is 9.42. The maximum Gasteiger partial charge on any atom is 0.313 e. The Labute approximate surface area is 154 Å². The first-order valence-corrected chi connectivity index (χ1v) is 8.51. The summed E-state index contributed by atoms with van der Waals surface area (Å²) in [4.78, 5) is 23.9. The summed E-state index contributed by atoms with van der Waals surface area (Å²) >= 11 is 0. The van der Waals surface area contributed by atoms with E-state index < -0.39 is 11.8 Å². The quantitative estimate of drug-likeness (QED) is 0.591. The summed E-state index contributed by atoms with van der Waals surface area (Å²) in [6.07, 6.45) is 1.65. The topological polar surface area (TPSA) is 67.4 Å². The Kier molecular flexibility index (Phi) is 6.97. The second-order valence-corrected chi connectivity index (χ2v) is 6.16. The zero-order chi connectivity index (χ0) is 18.9. The molecule has 0 radical (unpaired) electrons. The molecular weight excluding hydrogens is 328 g/mol. The van der Waals surface area contributed by atoms with Crippen LogP contribution >= 0.6 is 0 Å². The highest BCUT2D eigenvalue weighted by atomic mass is 16.5. The molecule has 2 N–H and O–H groups in total. The molecule has 0 aliphatic carbocycles. The van der Waals surface area contributed by atoms with E-state index in [1.165, 1.54) is 5.56 Å². The van der Waals surface area contributed by atoms with E-state index in [2.05, 4.69) is 31.1 Å². The van der Waals surface area contributed by atoms with Crippen LogP contribution in [0.5, 0.6) is 5.75 Å². The van der Waals surface area contributed by atoms with Crippen LogP contribution in [0.3, 0.4) is 0 Å². The molecule has 0 saturated heterocycles. The Bertz CT molecular complexity index is 750. The van der Waals surface area contributed by atoms with E-state index in [0.29, 0.717) is 30.5 Å². The lowest BCUT2D eigenvalue weighted by Gasteiger charge is -2.09.